The van der Waals surface area contributed by atoms with E-state index < -0.39 is 0 Å². The van der Waals surface area contributed by atoms with E-state index >= 15 is 0 Å². The van der Waals surface area contributed by atoms with Gasteiger partial charge in [0.05, 0.1) is 8.16 Å². The first-order valence-corrected chi connectivity index (χ1v) is 8.89. The molecule has 0 bridgehead atoms. The van der Waals surface area contributed by atoms with E-state index in [0.717, 1.165) is 0 Å². The fourth-order valence-corrected chi connectivity index (χ4v) is 9.41. The maximum Gasteiger partial charge on any atom is 0.0785 e. The molecule has 2 atom stereocenters. The van der Waals surface area contributed by atoms with Crippen molar-refractivity contribution in [3.63, 3.8) is 0 Å². The first-order valence-electron chi connectivity index (χ1n) is 3.43. The monoisotopic (exact) mass is 242 g/mol. The van der Waals surface area contributed by atoms with Gasteiger partial charge < -0.3 is 0 Å². The molecule has 0 aromatic rings. The smallest absolute Gasteiger partial charge is 0.0785 e. The van der Waals surface area contributed by atoms with Gasteiger partial charge in [-0.05, 0) is 23.7 Å². The lowest BCUT2D eigenvalue weighted by Crippen LogP contribution is -1.92. The van der Waals surface area contributed by atoms with Gasteiger partial charge in [-0.2, -0.15) is 0 Å². The van der Waals surface area contributed by atoms with E-state index in [-0.39, 0.29) is 0 Å². The second-order valence-corrected chi connectivity index (χ2v) is 11.5. The molecule has 0 aromatic heterocycles. The molecular weight excluding hydrogens is 232 g/mol. The largest absolute Gasteiger partial charge is 0.140 e. The Hall–Kier alpha value is 1.75. The molecule has 2 aliphatic rings. The quantitative estimate of drug-likeness (QED) is 0.539. The average molecular weight is 242 g/mol. The van der Waals surface area contributed by atoms with Crippen LogP contribution in [0.3, 0.4) is 0 Å². The Bertz CT molecular complexity index is 142. The molecule has 0 spiro atoms. The van der Waals surface area contributed by atoms with E-state index in [1.165, 1.54) is 11.5 Å². The molecule has 2 fully saturated rings. The zero-order valence-electron chi connectivity index (χ0n) is 6.46. The first-order chi connectivity index (χ1) is 5.12. The summed E-state index contributed by atoms with van der Waals surface area (Å²) in [5.74, 6) is 2.68. The van der Waals surface area contributed by atoms with Crippen LogP contribution in [0.2, 0.25) is 0 Å². The Labute approximate surface area is 88.0 Å². The Morgan fingerprint density at radius 2 is 1.36 bits per heavy atom. The van der Waals surface area contributed by atoms with Crippen molar-refractivity contribution in [2.24, 2.45) is 0 Å². The van der Waals surface area contributed by atoms with E-state index in [2.05, 4.69) is 37.4 Å². The fourth-order valence-electron chi connectivity index (χ4n) is 0.460. The molecule has 0 aliphatic carbocycles. The molecule has 2 rings (SSSR count). The molecule has 64 valence electrons. The summed E-state index contributed by atoms with van der Waals surface area (Å²) < 4.78 is 1.13. The summed E-state index contributed by atoms with van der Waals surface area (Å²) in [5, 5.41) is 0. The highest BCUT2D eigenvalue weighted by atomic mass is 33.5. The van der Waals surface area contributed by atoms with E-state index in [1.54, 1.807) is 0 Å². The third kappa shape index (κ3) is 2.86. The van der Waals surface area contributed by atoms with Crippen molar-refractivity contribution in [3.8, 4) is 0 Å². The molecule has 0 aromatic carbocycles. The molecule has 0 radical (unpaired) electrons. The summed E-state index contributed by atoms with van der Waals surface area (Å²) in [4.78, 5) is 0. The third-order valence-corrected chi connectivity index (χ3v) is 11.0. The average Bonchev–Trinajstić information content (AvgIpc) is 2.78. The molecule has 2 unspecified atom stereocenters. The molecule has 0 nitrogen and oxygen atoms in total. The second-order valence-electron chi connectivity index (χ2n) is 3.08. The van der Waals surface area contributed by atoms with Gasteiger partial charge in [0.15, 0.2) is 0 Å². The summed E-state index contributed by atoms with van der Waals surface area (Å²) in [6, 6.07) is 0. The lowest BCUT2D eigenvalue weighted by atomic mass is 10.6. The number of rotatable bonds is 4. The van der Waals surface area contributed by atoms with Crippen LogP contribution in [0.15, 0.2) is 0 Å². The van der Waals surface area contributed by atoms with Crippen molar-refractivity contribution in [1.29, 1.82) is 0 Å². The number of hydrogen-bond donors (Lipinski definition) is 0. The zero-order chi connectivity index (χ0) is 7.95. The van der Waals surface area contributed by atoms with E-state index in [1.807, 2.05) is 31.4 Å². The van der Waals surface area contributed by atoms with Gasteiger partial charge in [-0.3, -0.25) is 0 Å². The van der Waals surface area contributed by atoms with Gasteiger partial charge in [0.2, 0.25) is 0 Å². The molecule has 11 heavy (non-hydrogen) atoms. The summed E-state index contributed by atoms with van der Waals surface area (Å²) >= 11 is 4.13. The highest BCUT2D eigenvalue weighted by Crippen LogP contribution is 2.66. The highest BCUT2D eigenvalue weighted by Gasteiger charge is 2.43. The summed E-state index contributed by atoms with van der Waals surface area (Å²) in [7, 11) is 6.07. The fraction of sp³-hybridized carbons (Fsp3) is 1.00. The summed E-state index contributed by atoms with van der Waals surface area (Å²) in [6.45, 7) is 4.66. The molecule has 2 heterocycles. The Kier molecular flexibility index (Phi) is 2.67. The topological polar surface area (TPSA) is 0 Å². The minimum atomic E-state index is 0.563. The maximum absolute atomic E-state index is 2.33. The lowest BCUT2D eigenvalue weighted by molar-refractivity contribution is 1.17. The van der Waals surface area contributed by atoms with E-state index in [9.17, 15) is 0 Å². The standard InChI is InChI=1S/C6H10S5/c1-5(3-7-5)9-11-10-6(2)4-8-6/h3-4H2,1-2H3. The van der Waals surface area contributed by atoms with Crippen LogP contribution >= 0.6 is 54.9 Å². The van der Waals surface area contributed by atoms with Gasteiger partial charge in [0, 0.05) is 11.5 Å². The van der Waals surface area contributed by atoms with Crippen LogP contribution < -0.4 is 0 Å². The van der Waals surface area contributed by atoms with E-state index in [4.69, 9.17) is 0 Å². The molecule has 0 saturated carbocycles. The number of thioether (sulfide) groups is 2. The highest BCUT2D eigenvalue weighted by molar-refractivity contribution is 9.11. The third-order valence-electron chi connectivity index (χ3n) is 1.52. The van der Waals surface area contributed by atoms with Crippen molar-refractivity contribution in [2.75, 3.05) is 11.5 Å². The molecule has 2 saturated heterocycles. The van der Waals surface area contributed by atoms with Crippen LogP contribution in [-0.2, 0) is 0 Å². The van der Waals surface area contributed by atoms with E-state index in [0.29, 0.717) is 8.16 Å². The van der Waals surface area contributed by atoms with Crippen molar-refractivity contribution < 1.29 is 0 Å². The molecule has 0 amide bonds. The normalized spacial score (nSPS) is 47.5. The molecule has 0 N–H and O–H groups in total. The molecular formula is C6H10S5. The number of hydrogen-bond acceptors (Lipinski definition) is 5. The van der Waals surface area contributed by atoms with Crippen molar-refractivity contribution in [2.45, 2.75) is 22.0 Å². The maximum atomic E-state index is 2.33. The molecule has 2 aliphatic heterocycles. The SMILES string of the molecule is CC1(SSSC2(C)CS2)CS1. The summed E-state index contributed by atoms with van der Waals surface area (Å²) in [6.07, 6.45) is 0. The van der Waals surface area contributed by atoms with Crippen LogP contribution in [0.25, 0.3) is 0 Å². The van der Waals surface area contributed by atoms with Crippen molar-refractivity contribution in [1.82, 2.24) is 0 Å². The van der Waals surface area contributed by atoms with Crippen LogP contribution in [0, 0.1) is 0 Å². The van der Waals surface area contributed by atoms with Gasteiger partial charge in [-0.1, -0.05) is 21.6 Å². The second kappa shape index (κ2) is 3.15. The van der Waals surface area contributed by atoms with Gasteiger partial charge in [-0.25, -0.2) is 0 Å². The van der Waals surface area contributed by atoms with Gasteiger partial charge >= 0.3 is 0 Å². The van der Waals surface area contributed by atoms with Gasteiger partial charge in [0.25, 0.3) is 0 Å². The Balaban J connectivity index is 1.60. The van der Waals surface area contributed by atoms with Crippen molar-refractivity contribution in [3.05, 3.63) is 0 Å². The zero-order valence-corrected chi connectivity index (χ0v) is 10.5. The van der Waals surface area contributed by atoms with Gasteiger partial charge in [0.1, 0.15) is 0 Å². The summed E-state index contributed by atoms with van der Waals surface area (Å²) in [5.41, 5.74) is 0. The minimum Gasteiger partial charge on any atom is -0.140 e. The van der Waals surface area contributed by atoms with Crippen LogP contribution in [-0.4, -0.2) is 19.7 Å². The predicted molar refractivity (Wildman–Crippen MR) is 64.5 cm³/mol. The van der Waals surface area contributed by atoms with Crippen LogP contribution in [0.5, 0.6) is 0 Å². The Morgan fingerprint density at radius 3 is 1.64 bits per heavy atom. The van der Waals surface area contributed by atoms with Crippen LogP contribution in [0.1, 0.15) is 13.8 Å². The molecule has 5 heteroatoms. The Morgan fingerprint density at radius 1 is 1.00 bits per heavy atom. The minimum absolute atomic E-state index is 0.563. The van der Waals surface area contributed by atoms with Crippen molar-refractivity contribution >= 4 is 54.9 Å². The first kappa shape index (κ1) is 9.31. The van der Waals surface area contributed by atoms with Crippen LogP contribution in [0.4, 0.5) is 0 Å². The predicted octanol–water partition coefficient (Wildman–Crippen LogP) is 3.94. The lowest BCUT2D eigenvalue weighted by Gasteiger charge is -2.06. The van der Waals surface area contributed by atoms with Gasteiger partial charge in [-0.15, -0.1) is 23.5 Å².